The van der Waals surface area contributed by atoms with Crippen molar-refractivity contribution in [2.45, 2.75) is 25.7 Å². The predicted octanol–water partition coefficient (Wildman–Crippen LogP) is 2.98. The lowest BCUT2D eigenvalue weighted by atomic mass is 9.94. The molecule has 148 valence electrons. The van der Waals surface area contributed by atoms with Crippen molar-refractivity contribution in [3.05, 3.63) is 36.4 Å². The van der Waals surface area contributed by atoms with Gasteiger partial charge in [-0.05, 0) is 37.8 Å². The molecule has 1 aromatic carbocycles. The molecule has 0 spiro atoms. The molecule has 6 nitrogen and oxygen atoms in total. The number of benzene rings is 1. The summed E-state index contributed by atoms with van der Waals surface area (Å²) in [6, 6.07) is 5.18. The van der Waals surface area contributed by atoms with Crippen molar-refractivity contribution in [2.24, 2.45) is 5.92 Å². The molecule has 27 heavy (non-hydrogen) atoms. The summed E-state index contributed by atoms with van der Waals surface area (Å²) in [7, 11) is 4.98. The molecule has 0 saturated carbocycles. The van der Waals surface area contributed by atoms with E-state index < -0.39 is 0 Å². The van der Waals surface area contributed by atoms with Crippen LogP contribution in [0.5, 0.6) is 11.5 Å². The molecule has 0 aliphatic carbocycles. The Bertz CT molecular complexity index is 644. The van der Waals surface area contributed by atoms with Gasteiger partial charge in [-0.25, -0.2) is 0 Å². The summed E-state index contributed by atoms with van der Waals surface area (Å²) in [6.45, 7) is 5.61. The van der Waals surface area contributed by atoms with Crippen LogP contribution in [-0.2, 0) is 4.79 Å². The van der Waals surface area contributed by atoms with Crippen LogP contribution in [0.2, 0.25) is 0 Å². The number of nitrogens with zero attached hydrogens (tertiary/aromatic N) is 2. The molecule has 1 heterocycles. The van der Waals surface area contributed by atoms with E-state index >= 15 is 0 Å². The molecule has 1 aliphatic rings. The van der Waals surface area contributed by atoms with Crippen LogP contribution in [0.25, 0.3) is 0 Å². The number of allylic oxidation sites excluding steroid dienone is 1. The lowest BCUT2D eigenvalue weighted by molar-refractivity contribution is -0.135. The number of hydrogen-bond donors (Lipinski definition) is 0. The molecule has 1 aliphatic heterocycles. The Morgan fingerprint density at radius 1 is 1.19 bits per heavy atom. The Morgan fingerprint density at radius 3 is 2.30 bits per heavy atom. The molecule has 1 saturated heterocycles. The van der Waals surface area contributed by atoms with Gasteiger partial charge in [-0.3, -0.25) is 9.59 Å². The number of carbonyl (C=O) groups excluding carboxylic acids is 2. The fourth-order valence-electron chi connectivity index (χ4n) is 3.34. The molecular weight excluding hydrogens is 344 g/mol. The maximum Gasteiger partial charge on any atom is 0.254 e. The summed E-state index contributed by atoms with van der Waals surface area (Å²) in [5, 5.41) is 0. The minimum absolute atomic E-state index is 0.0115. The van der Waals surface area contributed by atoms with Crippen molar-refractivity contribution >= 4 is 11.8 Å². The number of unbranched alkanes of at least 4 members (excludes halogenated alkanes) is 1. The van der Waals surface area contributed by atoms with Crippen LogP contribution >= 0.6 is 0 Å². The Morgan fingerprint density at radius 2 is 1.78 bits per heavy atom. The molecule has 0 atom stereocenters. The molecule has 1 aromatic rings. The molecule has 1 fully saturated rings. The number of ether oxygens (including phenoxy) is 2. The van der Waals surface area contributed by atoms with Crippen molar-refractivity contribution < 1.29 is 19.1 Å². The molecule has 2 amide bonds. The molecule has 0 unspecified atom stereocenters. The highest BCUT2D eigenvalue weighted by atomic mass is 16.5. The summed E-state index contributed by atoms with van der Waals surface area (Å²) >= 11 is 0. The minimum Gasteiger partial charge on any atom is -0.497 e. The van der Waals surface area contributed by atoms with E-state index in [1.807, 2.05) is 13.1 Å². The van der Waals surface area contributed by atoms with E-state index in [0.29, 0.717) is 43.0 Å². The smallest absolute Gasteiger partial charge is 0.254 e. The van der Waals surface area contributed by atoms with Gasteiger partial charge < -0.3 is 19.3 Å². The van der Waals surface area contributed by atoms with Gasteiger partial charge in [0.1, 0.15) is 11.5 Å². The van der Waals surface area contributed by atoms with E-state index in [1.165, 1.54) is 0 Å². The maximum atomic E-state index is 12.8. The fourth-order valence-corrected chi connectivity index (χ4v) is 3.34. The quantitative estimate of drug-likeness (QED) is 0.518. The van der Waals surface area contributed by atoms with Gasteiger partial charge in [-0.1, -0.05) is 6.08 Å². The van der Waals surface area contributed by atoms with Gasteiger partial charge >= 0.3 is 0 Å². The first kappa shape index (κ1) is 20.8. The third-order valence-electron chi connectivity index (χ3n) is 5.01. The Hall–Kier alpha value is -2.50. The van der Waals surface area contributed by atoms with E-state index in [4.69, 9.17) is 9.47 Å². The van der Waals surface area contributed by atoms with Crippen molar-refractivity contribution in [1.82, 2.24) is 9.80 Å². The zero-order valence-corrected chi connectivity index (χ0v) is 16.6. The van der Waals surface area contributed by atoms with Crippen LogP contribution in [0.3, 0.4) is 0 Å². The number of methoxy groups -OCH3 is 2. The lowest BCUT2D eigenvalue weighted by Gasteiger charge is -2.33. The molecule has 0 radical (unpaired) electrons. The average Bonchev–Trinajstić information content (AvgIpc) is 2.72. The highest BCUT2D eigenvalue weighted by molar-refractivity contribution is 5.95. The number of carbonyl (C=O) groups is 2. The first-order chi connectivity index (χ1) is 13.0. The predicted molar refractivity (Wildman–Crippen MR) is 105 cm³/mol. The first-order valence-electron chi connectivity index (χ1n) is 9.38. The second-order valence-corrected chi connectivity index (χ2v) is 6.86. The zero-order chi connectivity index (χ0) is 19.8. The van der Waals surface area contributed by atoms with Crippen LogP contribution < -0.4 is 9.47 Å². The number of rotatable bonds is 8. The SMILES string of the molecule is C=CCCCN(C)C(=O)C1CCN(C(=O)c2cc(OC)cc(OC)c2)CC1. The van der Waals surface area contributed by atoms with Crippen LogP contribution in [-0.4, -0.2) is 62.5 Å². The van der Waals surface area contributed by atoms with Crippen LogP contribution in [0, 0.1) is 5.92 Å². The van der Waals surface area contributed by atoms with Crippen molar-refractivity contribution in [3.63, 3.8) is 0 Å². The van der Waals surface area contributed by atoms with Crippen LogP contribution in [0.15, 0.2) is 30.9 Å². The van der Waals surface area contributed by atoms with E-state index in [0.717, 1.165) is 19.4 Å². The summed E-state index contributed by atoms with van der Waals surface area (Å²) in [5.74, 6) is 1.28. The largest absolute Gasteiger partial charge is 0.497 e. The van der Waals surface area contributed by atoms with E-state index in [9.17, 15) is 9.59 Å². The fraction of sp³-hybridized carbons (Fsp3) is 0.524. The van der Waals surface area contributed by atoms with Gasteiger partial charge in [0.25, 0.3) is 5.91 Å². The van der Waals surface area contributed by atoms with E-state index in [1.54, 1.807) is 42.2 Å². The standard InChI is InChI=1S/C21H30N2O4/c1-5-6-7-10-22(2)20(24)16-8-11-23(12-9-16)21(25)17-13-18(26-3)15-19(14-17)27-4/h5,13-16H,1,6-12H2,2-4H3. The van der Waals surface area contributed by atoms with E-state index in [2.05, 4.69) is 6.58 Å². The van der Waals surface area contributed by atoms with Gasteiger partial charge in [0.2, 0.25) is 5.91 Å². The molecule has 2 rings (SSSR count). The highest BCUT2D eigenvalue weighted by Gasteiger charge is 2.29. The molecular formula is C21H30N2O4. The molecule has 0 aromatic heterocycles. The third kappa shape index (κ3) is 5.49. The Balaban J connectivity index is 1.94. The molecule has 0 bridgehead atoms. The number of likely N-dealkylation sites (tertiary alicyclic amines) is 1. The number of amides is 2. The van der Waals surface area contributed by atoms with Crippen molar-refractivity contribution in [1.29, 1.82) is 0 Å². The van der Waals surface area contributed by atoms with Crippen LogP contribution in [0.4, 0.5) is 0 Å². The van der Waals surface area contributed by atoms with Gasteiger partial charge in [0.15, 0.2) is 0 Å². The summed E-state index contributed by atoms with van der Waals surface area (Å²) in [6.07, 6.45) is 5.10. The van der Waals surface area contributed by atoms with Crippen molar-refractivity contribution in [2.75, 3.05) is 40.9 Å². The lowest BCUT2D eigenvalue weighted by Crippen LogP contribution is -2.43. The second-order valence-electron chi connectivity index (χ2n) is 6.86. The summed E-state index contributed by atoms with van der Waals surface area (Å²) in [4.78, 5) is 29.0. The Kier molecular flexibility index (Phi) is 7.70. The minimum atomic E-state index is -0.0579. The average molecular weight is 374 g/mol. The number of piperidine rings is 1. The monoisotopic (exact) mass is 374 g/mol. The van der Waals surface area contributed by atoms with Gasteiger partial charge in [0, 0.05) is 44.2 Å². The number of hydrogen-bond acceptors (Lipinski definition) is 4. The normalized spacial score (nSPS) is 14.6. The maximum absolute atomic E-state index is 12.8. The van der Waals surface area contributed by atoms with Gasteiger partial charge in [-0.15, -0.1) is 6.58 Å². The summed E-state index contributed by atoms with van der Waals surface area (Å²) < 4.78 is 10.5. The van der Waals surface area contributed by atoms with Gasteiger partial charge in [-0.2, -0.15) is 0 Å². The molecule has 0 N–H and O–H groups in total. The second kappa shape index (κ2) is 10.00. The van der Waals surface area contributed by atoms with Crippen LogP contribution in [0.1, 0.15) is 36.0 Å². The first-order valence-corrected chi connectivity index (χ1v) is 9.38. The summed E-state index contributed by atoms with van der Waals surface area (Å²) in [5.41, 5.74) is 0.539. The highest BCUT2D eigenvalue weighted by Crippen LogP contribution is 2.26. The topological polar surface area (TPSA) is 59.1 Å². The third-order valence-corrected chi connectivity index (χ3v) is 5.01. The zero-order valence-electron chi connectivity index (χ0n) is 16.6. The molecule has 6 heteroatoms. The van der Waals surface area contributed by atoms with E-state index in [-0.39, 0.29) is 17.7 Å². The Labute approximate surface area is 161 Å². The van der Waals surface area contributed by atoms with Crippen molar-refractivity contribution in [3.8, 4) is 11.5 Å². The van der Waals surface area contributed by atoms with Gasteiger partial charge in [0.05, 0.1) is 14.2 Å².